The van der Waals surface area contributed by atoms with Crippen molar-refractivity contribution >= 4 is 11.7 Å². The number of amides is 1. The molecular weight excluding hydrogens is 202 g/mol. The van der Waals surface area contributed by atoms with E-state index in [4.69, 9.17) is 0 Å². The normalized spacial score (nSPS) is 17.3. The van der Waals surface area contributed by atoms with Crippen LogP contribution in [0, 0.1) is 5.92 Å². The number of aromatic nitrogens is 2. The second-order valence-electron chi connectivity index (χ2n) is 4.58. The second-order valence-corrected chi connectivity index (χ2v) is 4.58. The van der Waals surface area contributed by atoms with E-state index in [1.807, 2.05) is 10.7 Å². The minimum atomic E-state index is -0.0367. The highest BCUT2D eigenvalue weighted by molar-refractivity contribution is 5.87. The molecule has 1 aromatic rings. The molecule has 1 heterocycles. The van der Waals surface area contributed by atoms with Crippen LogP contribution in [0.25, 0.3) is 0 Å². The van der Waals surface area contributed by atoms with Crippen LogP contribution in [0.3, 0.4) is 0 Å². The fraction of sp³-hybridized carbons (Fsp3) is 0.667. The average molecular weight is 221 g/mol. The van der Waals surface area contributed by atoms with Crippen LogP contribution in [0.1, 0.15) is 39.0 Å². The highest BCUT2D eigenvalue weighted by Gasteiger charge is 2.15. The van der Waals surface area contributed by atoms with Crippen LogP contribution < -0.4 is 5.32 Å². The summed E-state index contributed by atoms with van der Waals surface area (Å²) in [5, 5.41) is 7.07. The largest absolute Gasteiger partial charge is 0.311 e. The minimum Gasteiger partial charge on any atom is -0.311 e. The van der Waals surface area contributed by atoms with E-state index in [2.05, 4.69) is 10.4 Å². The SMILES string of the molecule is CC(=O)Nc1ccnn1CC1CCCCC1. The van der Waals surface area contributed by atoms with E-state index < -0.39 is 0 Å². The summed E-state index contributed by atoms with van der Waals surface area (Å²) in [6.07, 6.45) is 8.36. The molecule has 1 aliphatic carbocycles. The third-order valence-electron chi connectivity index (χ3n) is 3.18. The van der Waals surface area contributed by atoms with Crippen LogP contribution in [-0.2, 0) is 11.3 Å². The Morgan fingerprint density at radius 2 is 2.25 bits per heavy atom. The summed E-state index contributed by atoms with van der Waals surface area (Å²) in [5.74, 6) is 1.50. The standard InChI is InChI=1S/C12H19N3O/c1-10(16)14-12-7-8-13-15(12)9-11-5-3-2-4-6-11/h7-8,11H,2-6,9H2,1H3,(H,14,16). The molecule has 0 aliphatic heterocycles. The molecule has 0 spiro atoms. The number of nitrogens with zero attached hydrogens (tertiary/aromatic N) is 2. The Bertz CT molecular complexity index is 353. The molecule has 4 heteroatoms. The lowest BCUT2D eigenvalue weighted by molar-refractivity contribution is -0.114. The first-order valence-electron chi connectivity index (χ1n) is 6.05. The van der Waals surface area contributed by atoms with E-state index in [1.54, 1.807) is 6.20 Å². The Kier molecular flexibility index (Phi) is 3.59. The Hall–Kier alpha value is -1.32. The third-order valence-corrected chi connectivity index (χ3v) is 3.18. The van der Waals surface area contributed by atoms with Crippen molar-refractivity contribution < 1.29 is 4.79 Å². The van der Waals surface area contributed by atoms with Gasteiger partial charge in [0.2, 0.25) is 5.91 Å². The Labute approximate surface area is 96.0 Å². The van der Waals surface area contributed by atoms with Gasteiger partial charge in [-0.1, -0.05) is 19.3 Å². The van der Waals surface area contributed by atoms with Gasteiger partial charge in [0.1, 0.15) is 5.82 Å². The highest BCUT2D eigenvalue weighted by atomic mass is 16.1. The lowest BCUT2D eigenvalue weighted by atomic mass is 9.89. The van der Waals surface area contributed by atoms with E-state index in [1.165, 1.54) is 39.0 Å². The van der Waals surface area contributed by atoms with Crippen LogP contribution >= 0.6 is 0 Å². The lowest BCUT2D eigenvalue weighted by Crippen LogP contribution is -2.18. The number of anilines is 1. The molecule has 1 amide bonds. The summed E-state index contributed by atoms with van der Waals surface area (Å²) < 4.78 is 1.91. The van der Waals surface area contributed by atoms with E-state index in [0.717, 1.165) is 18.3 Å². The van der Waals surface area contributed by atoms with Gasteiger partial charge in [-0.05, 0) is 18.8 Å². The molecule has 1 fully saturated rings. The van der Waals surface area contributed by atoms with Gasteiger partial charge >= 0.3 is 0 Å². The van der Waals surface area contributed by atoms with Gasteiger partial charge in [0.25, 0.3) is 0 Å². The minimum absolute atomic E-state index is 0.0367. The molecule has 0 aromatic carbocycles. The maximum absolute atomic E-state index is 11.0. The molecule has 1 saturated carbocycles. The quantitative estimate of drug-likeness (QED) is 0.852. The number of nitrogens with one attached hydrogen (secondary N) is 1. The zero-order chi connectivity index (χ0) is 11.4. The molecular formula is C12H19N3O. The summed E-state index contributed by atoms with van der Waals surface area (Å²) in [7, 11) is 0. The van der Waals surface area contributed by atoms with Crippen LogP contribution in [0.4, 0.5) is 5.82 Å². The Morgan fingerprint density at radius 1 is 1.50 bits per heavy atom. The van der Waals surface area contributed by atoms with Gasteiger partial charge in [0.05, 0.1) is 6.20 Å². The first-order valence-corrected chi connectivity index (χ1v) is 6.05. The summed E-state index contributed by atoms with van der Waals surface area (Å²) in [6.45, 7) is 2.46. The van der Waals surface area contributed by atoms with E-state index in [9.17, 15) is 4.79 Å². The van der Waals surface area contributed by atoms with Gasteiger partial charge in [0.15, 0.2) is 0 Å². The summed E-state index contributed by atoms with van der Waals surface area (Å²) in [4.78, 5) is 11.0. The van der Waals surface area contributed by atoms with Crippen molar-refractivity contribution in [3.63, 3.8) is 0 Å². The first-order chi connectivity index (χ1) is 7.75. The van der Waals surface area contributed by atoms with E-state index >= 15 is 0 Å². The van der Waals surface area contributed by atoms with Crippen molar-refractivity contribution in [1.29, 1.82) is 0 Å². The smallest absolute Gasteiger partial charge is 0.222 e. The van der Waals surface area contributed by atoms with Crippen LogP contribution in [0.2, 0.25) is 0 Å². The number of carbonyl (C=O) groups is 1. The maximum atomic E-state index is 11.0. The van der Waals surface area contributed by atoms with Gasteiger partial charge in [-0.25, -0.2) is 4.68 Å². The topological polar surface area (TPSA) is 46.9 Å². The fourth-order valence-electron chi connectivity index (χ4n) is 2.38. The van der Waals surface area contributed by atoms with Gasteiger partial charge in [-0.3, -0.25) is 4.79 Å². The van der Waals surface area contributed by atoms with Crippen LogP contribution in [0.15, 0.2) is 12.3 Å². The fourth-order valence-corrected chi connectivity index (χ4v) is 2.38. The number of hydrogen-bond acceptors (Lipinski definition) is 2. The Balaban J connectivity index is 1.97. The molecule has 0 radical (unpaired) electrons. The molecule has 4 nitrogen and oxygen atoms in total. The second kappa shape index (κ2) is 5.14. The van der Waals surface area contributed by atoms with Crippen LogP contribution in [0.5, 0.6) is 0 Å². The number of rotatable bonds is 3. The van der Waals surface area contributed by atoms with Crippen molar-refractivity contribution in [3.05, 3.63) is 12.3 Å². The first kappa shape index (κ1) is 11.2. The van der Waals surface area contributed by atoms with Crippen molar-refractivity contribution in [1.82, 2.24) is 9.78 Å². The molecule has 88 valence electrons. The molecule has 2 rings (SSSR count). The molecule has 1 N–H and O–H groups in total. The highest BCUT2D eigenvalue weighted by Crippen LogP contribution is 2.25. The van der Waals surface area contributed by atoms with Gasteiger partial charge in [-0.15, -0.1) is 0 Å². The summed E-state index contributed by atoms with van der Waals surface area (Å²) >= 11 is 0. The molecule has 16 heavy (non-hydrogen) atoms. The third kappa shape index (κ3) is 2.84. The summed E-state index contributed by atoms with van der Waals surface area (Å²) in [5.41, 5.74) is 0. The maximum Gasteiger partial charge on any atom is 0.222 e. The Morgan fingerprint density at radius 3 is 2.94 bits per heavy atom. The lowest BCUT2D eigenvalue weighted by Gasteiger charge is -2.22. The molecule has 1 aromatic heterocycles. The zero-order valence-corrected chi connectivity index (χ0v) is 9.78. The van der Waals surface area contributed by atoms with Crippen molar-refractivity contribution in [2.24, 2.45) is 5.92 Å². The number of carbonyl (C=O) groups excluding carboxylic acids is 1. The van der Waals surface area contributed by atoms with Crippen LogP contribution in [-0.4, -0.2) is 15.7 Å². The van der Waals surface area contributed by atoms with E-state index in [-0.39, 0.29) is 5.91 Å². The number of hydrogen-bond donors (Lipinski definition) is 1. The zero-order valence-electron chi connectivity index (χ0n) is 9.78. The molecule has 1 aliphatic rings. The van der Waals surface area contributed by atoms with Crippen molar-refractivity contribution in [2.45, 2.75) is 45.6 Å². The van der Waals surface area contributed by atoms with E-state index in [0.29, 0.717) is 0 Å². The predicted octanol–water partition coefficient (Wildman–Crippen LogP) is 2.42. The van der Waals surface area contributed by atoms with Crippen molar-refractivity contribution in [3.8, 4) is 0 Å². The molecule has 0 atom stereocenters. The van der Waals surface area contributed by atoms with Crippen molar-refractivity contribution in [2.75, 3.05) is 5.32 Å². The van der Waals surface area contributed by atoms with Gasteiger partial charge in [0, 0.05) is 19.5 Å². The molecule has 0 saturated heterocycles. The van der Waals surface area contributed by atoms with Gasteiger partial charge in [-0.2, -0.15) is 5.10 Å². The monoisotopic (exact) mass is 221 g/mol. The average Bonchev–Trinajstić information content (AvgIpc) is 2.66. The molecule has 0 bridgehead atoms. The summed E-state index contributed by atoms with van der Waals surface area (Å²) in [6, 6.07) is 1.85. The molecule has 0 unspecified atom stereocenters. The predicted molar refractivity (Wildman–Crippen MR) is 63.1 cm³/mol. The van der Waals surface area contributed by atoms with Gasteiger partial charge < -0.3 is 5.32 Å².